The first kappa shape index (κ1) is 25.0. The van der Waals surface area contributed by atoms with E-state index in [9.17, 15) is 9.59 Å². The van der Waals surface area contributed by atoms with Gasteiger partial charge in [-0.15, -0.1) is 11.8 Å². The van der Waals surface area contributed by atoms with Crippen molar-refractivity contribution in [2.75, 3.05) is 5.75 Å². The van der Waals surface area contributed by atoms with Gasteiger partial charge < -0.3 is 10.2 Å². The van der Waals surface area contributed by atoms with Gasteiger partial charge >= 0.3 is 0 Å². The zero-order valence-corrected chi connectivity index (χ0v) is 20.3. The maximum atomic E-state index is 13.3. The molecule has 0 aliphatic carbocycles. The summed E-state index contributed by atoms with van der Waals surface area (Å²) in [5, 5.41) is 3.06. The van der Waals surface area contributed by atoms with Crippen molar-refractivity contribution in [3.63, 3.8) is 0 Å². The van der Waals surface area contributed by atoms with Crippen molar-refractivity contribution in [1.29, 1.82) is 0 Å². The van der Waals surface area contributed by atoms with E-state index in [1.165, 1.54) is 11.1 Å². The lowest BCUT2D eigenvalue weighted by Crippen LogP contribution is -2.51. The van der Waals surface area contributed by atoms with Gasteiger partial charge in [-0.25, -0.2) is 0 Å². The van der Waals surface area contributed by atoms with E-state index in [0.29, 0.717) is 18.7 Å². The largest absolute Gasteiger partial charge is 0.352 e. The number of amides is 2. The molecular weight excluding hydrogens is 404 g/mol. The second-order valence-corrected chi connectivity index (χ2v) is 9.22. The molecule has 0 saturated heterocycles. The first-order valence-corrected chi connectivity index (χ1v) is 12.3. The fourth-order valence-corrected chi connectivity index (χ4v) is 4.37. The highest BCUT2D eigenvalue weighted by Crippen LogP contribution is 2.18. The van der Waals surface area contributed by atoms with E-state index in [4.69, 9.17) is 0 Å². The SMILES string of the molecule is CC[C@H](C)NC(=O)[C@H](CC)N(Cc1cccc(C)c1)C(=O)CSCc1cccc(C)c1. The van der Waals surface area contributed by atoms with E-state index in [1.807, 2.05) is 52.0 Å². The summed E-state index contributed by atoms with van der Waals surface area (Å²) in [6.45, 7) is 10.6. The predicted molar refractivity (Wildman–Crippen MR) is 131 cm³/mol. The van der Waals surface area contributed by atoms with E-state index in [1.54, 1.807) is 16.7 Å². The van der Waals surface area contributed by atoms with Crippen molar-refractivity contribution in [2.45, 2.75) is 71.8 Å². The highest BCUT2D eigenvalue weighted by atomic mass is 32.2. The van der Waals surface area contributed by atoms with Crippen LogP contribution in [0.3, 0.4) is 0 Å². The van der Waals surface area contributed by atoms with Crippen LogP contribution in [0.25, 0.3) is 0 Å². The highest BCUT2D eigenvalue weighted by Gasteiger charge is 2.29. The molecule has 0 fully saturated rings. The van der Waals surface area contributed by atoms with Gasteiger partial charge in [-0.2, -0.15) is 0 Å². The number of hydrogen-bond donors (Lipinski definition) is 1. The van der Waals surface area contributed by atoms with Gasteiger partial charge in [-0.05, 0) is 44.7 Å². The van der Waals surface area contributed by atoms with Crippen LogP contribution < -0.4 is 5.32 Å². The van der Waals surface area contributed by atoms with Crippen molar-refractivity contribution in [2.24, 2.45) is 0 Å². The molecule has 2 amide bonds. The summed E-state index contributed by atoms with van der Waals surface area (Å²) in [5.41, 5.74) is 4.63. The Balaban J connectivity index is 2.14. The minimum absolute atomic E-state index is 0.00492. The number of thioether (sulfide) groups is 1. The molecule has 0 heterocycles. The number of carbonyl (C=O) groups is 2. The van der Waals surface area contributed by atoms with Crippen LogP contribution in [0, 0.1) is 13.8 Å². The summed E-state index contributed by atoms with van der Waals surface area (Å²) in [5.74, 6) is 1.07. The number of aryl methyl sites for hydroxylation is 2. The number of nitrogens with one attached hydrogen (secondary N) is 1. The highest BCUT2D eigenvalue weighted by molar-refractivity contribution is 7.99. The van der Waals surface area contributed by atoms with E-state index < -0.39 is 6.04 Å². The molecule has 1 N–H and O–H groups in total. The quantitative estimate of drug-likeness (QED) is 0.519. The van der Waals surface area contributed by atoms with Gasteiger partial charge in [-0.1, -0.05) is 73.5 Å². The first-order valence-electron chi connectivity index (χ1n) is 11.1. The lowest BCUT2D eigenvalue weighted by Gasteiger charge is -2.31. The fraction of sp³-hybridized carbons (Fsp3) is 0.462. The van der Waals surface area contributed by atoms with Crippen molar-refractivity contribution >= 4 is 23.6 Å². The van der Waals surface area contributed by atoms with E-state index in [0.717, 1.165) is 23.3 Å². The summed E-state index contributed by atoms with van der Waals surface area (Å²) in [7, 11) is 0. The van der Waals surface area contributed by atoms with Crippen molar-refractivity contribution in [3.8, 4) is 0 Å². The van der Waals surface area contributed by atoms with Gasteiger partial charge in [0.05, 0.1) is 5.75 Å². The zero-order valence-electron chi connectivity index (χ0n) is 19.5. The molecule has 2 aromatic carbocycles. The van der Waals surface area contributed by atoms with E-state index >= 15 is 0 Å². The third kappa shape index (κ3) is 8.06. The van der Waals surface area contributed by atoms with Gasteiger partial charge in [-0.3, -0.25) is 9.59 Å². The van der Waals surface area contributed by atoms with Crippen molar-refractivity contribution in [1.82, 2.24) is 10.2 Å². The Kier molecular flexibility index (Phi) is 10.1. The molecule has 0 aromatic heterocycles. The Morgan fingerprint density at radius 2 is 1.58 bits per heavy atom. The topological polar surface area (TPSA) is 49.4 Å². The van der Waals surface area contributed by atoms with Gasteiger partial charge in [0.15, 0.2) is 0 Å². The second kappa shape index (κ2) is 12.6. The normalized spacial score (nSPS) is 12.8. The average Bonchev–Trinajstić information content (AvgIpc) is 2.73. The molecule has 168 valence electrons. The Morgan fingerprint density at radius 1 is 0.968 bits per heavy atom. The molecule has 2 aromatic rings. The fourth-order valence-electron chi connectivity index (χ4n) is 3.51. The summed E-state index contributed by atoms with van der Waals surface area (Å²) >= 11 is 1.60. The molecule has 4 nitrogen and oxygen atoms in total. The molecule has 5 heteroatoms. The number of carbonyl (C=O) groups excluding carboxylic acids is 2. The molecule has 2 rings (SSSR count). The minimum atomic E-state index is -0.471. The monoisotopic (exact) mass is 440 g/mol. The van der Waals surface area contributed by atoms with Crippen molar-refractivity contribution < 1.29 is 9.59 Å². The molecule has 0 spiro atoms. The van der Waals surface area contributed by atoms with Gasteiger partial charge in [0.2, 0.25) is 11.8 Å². The van der Waals surface area contributed by atoms with Crippen LogP contribution in [0.1, 0.15) is 55.9 Å². The Hall–Kier alpha value is -2.27. The number of hydrogen-bond acceptors (Lipinski definition) is 3. The first-order chi connectivity index (χ1) is 14.8. The Labute approximate surface area is 191 Å². The lowest BCUT2D eigenvalue weighted by molar-refractivity contribution is -0.139. The molecular formula is C26H36N2O2S. The Morgan fingerprint density at radius 3 is 2.16 bits per heavy atom. The van der Waals surface area contributed by atoms with Crippen LogP contribution in [-0.4, -0.2) is 34.6 Å². The summed E-state index contributed by atoms with van der Waals surface area (Å²) in [6, 6.07) is 16.1. The average molecular weight is 441 g/mol. The summed E-state index contributed by atoms with van der Waals surface area (Å²) in [4.78, 5) is 28.0. The van der Waals surface area contributed by atoms with E-state index in [-0.39, 0.29) is 17.9 Å². The van der Waals surface area contributed by atoms with Crippen molar-refractivity contribution in [3.05, 3.63) is 70.8 Å². The lowest BCUT2D eigenvalue weighted by atomic mass is 10.1. The number of nitrogens with zero attached hydrogens (tertiary/aromatic N) is 1. The predicted octanol–water partition coefficient (Wildman–Crippen LogP) is 5.26. The Bertz CT molecular complexity index is 868. The number of rotatable bonds is 11. The van der Waals surface area contributed by atoms with E-state index in [2.05, 4.69) is 36.5 Å². The zero-order chi connectivity index (χ0) is 22.8. The second-order valence-electron chi connectivity index (χ2n) is 8.23. The molecule has 0 bridgehead atoms. The third-order valence-electron chi connectivity index (χ3n) is 5.40. The molecule has 0 unspecified atom stereocenters. The molecule has 0 aliphatic heterocycles. The third-order valence-corrected chi connectivity index (χ3v) is 6.39. The van der Waals surface area contributed by atoms with Crippen LogP contribution in [0.4, 0.5) is 0 Å². The van der Waals surface area contributed by atoms with Gasteiger partial charge in [0.25, 0.3) is 0 Å². The van der Waals surface area contributed by atoms with Gasteiger partial charge in [0.1, 0.15) is 6.04 Å². The molecule has 0 radical (unpaired) electrons. The minimum Gasteiger partial charge on any atom is -0.352 e. The molecule has 2 atom stereocenters. The smallest absolute Gasteiger partial charge is 0.243 e. The summed E-state index contributed by atoms with van der Waals surface area (Å²) < 4.78 is 0. The van der Waals surface area contributed by atoms with Crippen LogP contribution in [0.5, 0.6) is 0 Å². The molecule has 31 heavy (non-hydrogen) atoms. The van der Waals surface area contributed by atoms with Gasteiger partial charge in [0, 0.05) is 18.3 Å². The number of benzene rings is 2. The maximum absolute atomic E-state index is 13.3. The van der Waals surface area contributed by atoms with Crippen LogP contribution in [0.15, 0.2) is 48.5 Å². The van der Waals surface area contributed by atoms with Crippen LogP contribution in [0.2, 0.25) is 0 Å². The van der Waals surface area contributed by atoms with Crippen LogP contribution in [-0.2, 0) is 21.9 Å². The molecule has 0 aliphatic rings. The summed E-state index contributed by atoms with van der Waals surface area (Å²) in [6.07, 6.45) is 1.45. The standard InChI is InChI=1S/C26H36N2O2S/c1-6-21(5)27-26(30)24(7-2)28(16-22-12-8-10-19(3)14-22)25(29)18-31-17-23-13-9-11-20(4)15-23/h8-15,21,24H,6-7,16-18H2,1-5H3,(H,27,30)/t21-,24-/m0/s1. The molecule has 0 saturated carbocycles. The maximum Gasteiger partial charge on any atom is 0.243 e. The van der Waals surface area contributed by atoms with Crippen LogP contribution >= 0.6 is 11.8 Å².